The molecule has 1 aliphatic carbocycles. The molecule has 0 bridgehead atoms. The average molecular weight is 222 g/mol. The Morgan fingerprint density at radius 1 is 1.75 bits per heavy atom. The Labute approximate surface area is 64.5 Å². The van der Waals surface area contributed by atoms with Crippen molar-refractivity contribution in [2.75, 3.05) is 0 Å². The average Bonchev–Trinajstić information content (AvgIpc) is 1.85. The molecule has 2 unspecified atom stereocenters. The zero-order valence-electron chi connectivity index (χ0n) is 5.32. The molecule has 0 heterocycles. The minimum Gasteiger partial charge on any atom is -0.0817 e. The maximum absolute atomic E-state index is 2.52. The standard InChI is InChI=1S/C7H11I/c1-5-3-6(2)7(8)4-5/h3,6-7H,4H2,1-2H3. The quantitative estimate of drug-likeness (QED) is 0.336. The summed E-state index contributed by atoms with van der Waals surface area (Å²) >= 11 is 2.52. The van der Waals surface area contributed by atoms with Crippen LogP contribution in [0.4, 0.5) is 0 Å². The van der Waals surface area contributed by atoms with Gasteiger partial charge in [0.15, 0.2) is 0 Å². The van der Waals surface area contributed by atoms with E-state index < -0.39 is 0 Å². The first kappa shape index (κ1) is 6.59. The van der Waals surface area contributed by atoms with Crippen molar-refractivity contribution < 1.29 is 0 Å². The molecule has 0 N–H and O–H groups in total. The molecular formula is C7H11I. The molecule has 46 valence electrons. The molecule has 1 aliphatic rings. The Morgan fingerprint density at radius 3 is 2.50 bits per heavy atom. The van der Waals surface area contributed by atoms with Crippen LogP contribution in [0, 0.1) is 5.92 Å². The van der Waals surface area contributed by atoms with E-state index in [4.69, 9.17) is 0 Å². The fraction of sp³-hybridized carbons (Fsp3) is 0.714. The lowest BCUT2D eigenvalue weighted by Crippen LogP contribution is -1.99. The van der Waals surface area contributed by atoms with Gasteiger partial charge in [0.25, 0.3) is 0 Å². The van der Waals surface area contributed by atoms with E-state index in [1.54, 1.807) is 5.57 Å². The summed E-state index contributed by atoms with van der Waals surface area (Å²) in [5, 5.41) is 0. The topological polar surface area (TPSA) is 0 Å². The highest BCUT2D eigenvalue weighted by molar-refractivity contribution is 14.1. The summed E-state index contributed by atoms with van der Waals surface area (Å²) in [4.78, 5) is 0. The van der Waals surface area contributed by atoms with Gasteiger partial charge in [0.2, 0.25) is 0 Å². The van der Waals surface area contributed by atoms with Gasteiger partial charge in [-0.15, -0.1) is 0 Å². The number of hydrogen-bond acceptors (Lipinski definition) is 0. The van der Waals surface area contributed by atoms with Gasteiger partial charge in [-0.3, -0.25) is 0 Å². The Bertz CT molecular complexity index is 116. The minimum absolute atomic E-state index is 0.815. The Balaban J connectivity index is 2.56. The van der Waals surface area contributed by atoms with Crippen molar-refractivity contribution in [3.8, 4) is 0 Å². The lowest BCUT2D eigenvalue weighted by atomic mass is 10.2. The molecule has 2 atom stereocenters. The van der Waals surface area contributed by atoms with Crippen LogP contribution in [0.3, 0.4) is 0 Å². The maximum atomic E-state index is 2.52. The highest BCUT2D eigenvalue weighted by atomic mass is 127. The second-order valence-corrected chi connectivity index (χ2v) is 4.19. The number of alkyl halides is 1. The van der Waals surface area contributed by atoms with Crippen molar-refractivity contribution in [1.82, 2.24) is 0 Å². The van der Waals surface area contributed by atoms with Crippen LogP contribution in [0.25, 0.3) is 0 Å². The van der Waals surface area contributed by atoms with Gasteiger partial charge in [-0.25, -0.2) is 0 Å². The van der Waals surface area contributed by atoms with E-state index in [9.17, 15) is 0 Å². The number of halogens is 1. The largest absolute Gasteiger partial charge is 0.0817 e. The molecule has 0 spiro atoms. The van der Waals surface area contributed by atoms with Crippen molar-refractivity contribution in [3.63, 3.8) is 0 Å². The van der Waals surface area contributed by atoms with Gasteiger partial charge < -0.3 is 0 Å². The predicted octanol–water partition coefficient (Wildman–Crippen LogP) is 2.78. The summed E-state index contributed by atoms with van der Waals surface area (Å²) in [7, 11) is 0. The van der Waals surface area contributed by atoms with Crippen molar-refractivity contribution in [3.05, 3.63) is 11.6 Å². The number of allylic oxidation sites excluding steroid dienone is 2. The van der Waals surface area contributed by atoms with E-state index >= 15 is 0 Å². The van der Waals surface area contributed by atoms with Gasteiger partial charge >= 0.3 is 0 Å². The third-order valence-corrected chi connectivity index (χ3v) is 3.21. The number of rotatable bonds is 0. The smallest absolute Gasteiger partial charge is 0.0207 e. The molecular weight excluding hydrogens is 211 g/mol. The second-order valence-electron chi connectivity index (χ2n) is 2.59. The lowest BCUT2D eigenvalue weighted by molar-refractivity contribution is 0.741. The van der Waals surface area contributed by atoms with Crippen molar-refractivity contribution in [1.29, 1.82) is 0 Å². The third kappa shape index (κ3) is 1.24. The van der Waals surface area contributed by atoms with E-state index in [-0.39, 0.29) is 0 Å². The van der Waals surface area contributed by atoms with E-state index in [2.05, 4.69) is 42.5 Å². The summed E-state index contributed by atoms with van der Waals surface area (Å²) in [6.07, 6.45) is 3.68. The van der Waals surface area contributed by atoms with Crippen molar-refractivity contribution in [2.24, 2.45) is 5.92 Å². The maximum Gasteiger partial charge on any atom is 0.0207 e. The lowest BCUT2D eigenvalue weighted by Gasteiger charge is -2.03. The molecule has 0 amide bonds. The third-order valence-electron chi connectivity index (χ3n) is 1.63. The molecule has 0 aliphatic heterocycles. The summed E-state index contributed by atoms with van der Waals surface area (Å²) in [6, 6.07) is 0. The van der Waals surface area contributed by atoms with Gasteiger partial charge in [0, 0.05) is 3.92 Å². The summed E-state index contributed by atoms with van der Waals surface area (Å²) in [5.41, 5.74) is 1.57. The first-order valence-corrected chi connectivity index (χ1v) is 4.26. The van der Waals surface area contributed by atoms with E-state index in [1.807, 2.05) is 0 Å². The van der Waals surface area contributed by atoms with Crippen LogP contribution in [0.2, 0.25) is 0 Å². The highest BCUT2D eigenvalue weighted by Gasteiger charge is 2.17. The molecule has 1 rings (SSSR count). The van der Waals surface area contributed by atoms with E-state index in [0.717, 1.165) is 9.84 Å². The molecule has 1 heteroatoms. The molecule has 0 saturated heterocycles. The summed E-state index contributed by atoms with van der Waals surface area (Å²) in [6.45, 7) is 4.50. The summed E-state index contributed by atoms with van der Waals surface area (Å²) in [5.74, 6) is 0.815. The molecule has 0 aromatic carbocycles. The van der Waals surface area contributed by atoms with Crippen molar-refractivity contribution in [2.45, 2.75) is 24.2 Å². The highest BCUT2D eigenvalue weighted by Crippen LogP contribution is 2.29. The Kier molecular flexibility index (Phi) is 1.96. The normalized spacial score (nSPS) is 37.6. The van der Waals surface area contributed by atoms with E-state index in [1.165, 1.54) is 6.42 Å². The van der Waals surface area contributed by atoms with E-state index in [0.29, 0.717) is 0 Å². The van der Waals surface area contributed by atoms with Gasteiger partial charge in [-0.05, 0) is 19.3 Å². The van der Waals surface area contributed by atoms with Crippen LogP contribution in [0.1, 0.15) is 20.3 Å². The zero-order valence-corrected chi connectivity index (χ0v) is 7.47. The van der Waals surface area contributed by atoms with Crippen LogP contribution in [-0.2, 0) is 0 Å². The summed E-state index contributed by atoms with van der Waals surface area (Å²) < 4.78 is 0.868. The molecule has 8 heavy (non-hydrogen) atoms. The zero-order chi connectivity index (χ0) is 6.15. The first-order valence-electron chi connectivity index (χ1n) is 3.01. The van der Waals surface area contributed by atoms with Crippen LogP contribution < -0.4 is 0 Å². The molecule has 0 nitrogen and oxygen atoms in total. The Morgan fingerprint density at radius 2 is 2.38 bits per heavy atom. The number of hydrogen-bond donors (Lipinski definition) is 0. The second kappa shape index (κ2) is 2.38. The molecule has 0 saturated carbocycles. The van der Waals surface area contributed by atoms with Gasteiger partial charge in [0.05, 0.1) is 0 Å². The fourth-order valence-electron chi connectivity index (χ4n) is 1.11. The van der Waals surface area contributed by atoms with Gasteiger partial charge in [-0.1, -0.05) is 41.2 Å². The molecule has 0 aromatic heterocycles. The van der Waals surface area contributed by atoms with Crippen LogP contribution >= 0.6 is 22.6 Å². The van der Waals surface area contributed by atoms with Crippen molar-refractivity contribution >= 4 is 22.6 Å². The first-order chi connectivity index (χ1) is 3.70. The fourth-order valence-corrected chi connectivity index (χ4v) is 2.02. The predicted molar refractivity (Wildman–Crippen MR) is 45.3 cm³/mol. The Hall–Kier alpha value is 0.470. The molecule has 0 radical (unpaired) electrons. The van der Waals surface area contributed by atoms with Crippen LogP contribution in [0.5, 0.6) is 0 Å². The minimum atomic E-state index is 0.815. The van der Waals surface area contributed by atoms with Crippen LogP contribution in [-0.4, -0.2) is 3.92 Å². The SMILES string of the molecule is CC1=CC(C)C(I)C1. The van der Waals surface area contributed by atoms with Gasteiger partial charge in [-0.2, -0.15) is 0 Å². The van der Waals surface area contributed by atoms with Gasteiger partial charge in [0.1, 0.15) is 0 Å². The molecule has 0 fully saturated rings. The molecule has 0 aromatic rings. The van der Waals surface area contributed by atoms with Crippen LogP contribution in [0.15, 0.2) is 11.6 Å². The monoisotopic (exact) mass is 222 g/mol.